The quantitative estimate of drug-likeness (QED) is 0.867. The summed E-state index contributed by atoms with van der Waals surface area (Å²) in [5, 5.41) is 2.92. The first-order valence-corrected chi connectivity index (χ1v) is 7.99. The van der Waals surface area contributed by atoms with E-state index in [0.717, 1.165) is 12.2 Å². The molecule has 4 heteroatoms. The third-order valence-corrected chi connectivity index (χ3v) is 5.41. The van der Waals surface area contributed by atoms with Gasteiger partial charge in [-0.25, -0.2) is 0 Å². The Balaban J connectivity index is 1.76. The highest BCUT2D eigenvalue weighted by Crippen LogP contribution is 2.60. The molecular formula is C18H23NO3. The molecule has 2 atom stereocenters. The number of amides is 1. The van der Waals surface area contributed by atoms with Crippen LogP contribution in [0, 0.1) is 16.7 Å². The van der Waals surface area contributed by atoms with Crippen molar-refractivity contribution in [2.75, 3.05) is 11.9 Å². The fraction of sp³-hybridized carbons (Fsp3) is 0.556. The molecule has 0 radical (unpaired) electrons. The number of hydrogen-bond acceptors (Lipinski definition) is 3. The van der Waals surface area contributed by atoms with E-state index in [-0.39, 0.29) is 17.1 Å². The van der Waals surface area contributed by atoms with Crippen LogP contribution < -0.4 is 10.1 Å². The highest BCUT2D eigenvalue weighted by Gasteiger charge is 2.64. The van der Waals surface area contributed by atoms with E-state index in [1.807, 2.05) is 45.0 Å². The molecule has 118 valence electrons. The Hall–Kier alpha value is -1.84. The lowest BCUT2D eigenvalue weighted by atomic mass is 9.70. The summed E-state index contributed by atoms with van der Waals surface area (Å²) in [4.78, 5) is 25.4. The molecule has 0 aromatic heterocycles. The Morgan fingerprint density at radius 3 is 2.55 bits per heavy atom. The molecule has 0 aliphatic heterocycles. The smallest absolute Gasteiger partial charge is 0.238 e. The zero-order chi connectivity index (χ0) is 16.0. The normalized spacial score (nSPS) is 28.7. The summed E-state index contributed by atoms with van der Waals surface area (Å²) >= 11 is 0. The number of hydrogen-bond donors (Lipinski definition) is 1. The minimum atomic E-state index is -0.813. The van der Waals surface area contributed by atoms with Crippen LogP contribution in [-0.4, -0.2) is 18.3 Å². The van der Waals surface area contributed by atoms with E-state index >= 15 is 0 Å². The lowest BCUT2D eigenvalue weighted by molar-refractivity contribution is -0.142. The van der Waals surface area contributed by atoms with Gasteiger partial charge in [-0.1, -0.05) is 13.8 Å². The highest BCUT2D eigenvalue weighted by molar-refractivity contribution is 6.15. The molecule has 1 aromatic carbocycles. The summed E-state index contributed by atoms with van der Waals surface area (Å²) < 4.78 is 5.39. The van der Waals surface area contributed by atoms with Gasteiger partial charge in [-0.05, 0) is 56.4 Å². The van der Waals surface area contributed by atoms with Crippen molar-refractivity contribution in [2.24, 2.45) is 16.7 Å². The Morgan fingerprint density at radius 1 is 1.32 bits per heavy atom. The van der Waals surface area contributed by atoms with Crippen molar-refractivity contribution in [1.82, 2.24) is 0 Å². The molecule has 0 spiro atoms. The molecule has 2 fully saturated rings. The summed E-state index contributed by atoms with van der Waals surface area (Å²) in [5.74, 6) is 1.08. The minimum absolute atomic E-state index is 0.111. The van der Waals surface area contributed by atoms with Crippen molar-refractivity contribution in [3.63, 3.8) is 0 Å². The van der Waals surface area contributed by atoms with Crippen molar-refractivity contribution in [1.29, 1.82) is 0 Å². The van der Waals surface area contributed by atoms with Gasteiger partial charge in [0.1, 0.15) is 11.2 Å². The number of ketones is 1. The summed E-state index contributed by atoms with van der Waals surface area (Å²) in [7, 11) is 0. The number of carbonyl (C=O) groups excluding carboxylic acids is 2. The van der Waals surface area contributed by atoms with Gasteiger partial charge < -0.3 is 10.1 Å². The average molecular weight is 301 g/mol. The molecule has 2 bridgehead atoms. The molecule has 4 nitrogen and oxygen atoms in total. The fourth-order valence-corrected chi connectivity index (χ4v) is 4.03. The van der Waals surface area contributed by atoms with Crippen molar-refractivity contribution in [3.8, 4) is 5.75 Å². The fourth-order valence-electron chi connectivity index (χ4n) is 4.03. The maximum Gasteiger partial charge on any atom is 0.238 e. The molecule has 22 heavy (non-hydrogen) atoms. The van der Waals surface area contributed by atoms with Gasteiger partial charge in [0.25, 0.3) is 0 Å². The molecule has 0 unspecified atom stereocenters. The third-order valence-electron chi connectivity index (χ3n) is 5.41. The Labute approximate surface area is 131 Å². The summed E-state index contributed by atoms with van der Waals surface area (Å²) in [6.07, 6.45) is 2.35. The number of fused-ring (bicyclic) bond motifs is 2. The summed E-state index contributed by atoms with van der Waals surface area (Å²) in [6.45, 7) is 6.49. The SMILES string of the molecule is CCOc1ccc(NC(=O)[C@]23CC[C@H](C2)C(C)(C)C3=O)cc1. The predicted octanol–water partition coefficient (Wildman–Crippen LogP) is 3.42. The number of carbonyl (C=O) groups is 2. The Morgan fingerprint density at radius 2 is 2.00 bits per heavy atom. The Kier molecular flexibility index (Phi) is 3.50. The molecule has 0 heterocycles. The molecule has 2 aliphatic carbocycles. The molecule has 3 rings (SSSR count). The van der Waals surface area contributed by atoms with Crippen LogP contribution in [0.25, 0.3) is 0 Å². The van der Waals surface area contributed by atoms with Crippen molar-refractivity contribution < 1.29 is 14.3 Å². The van der Waals surface area contributed by atoms with E-state index in [4.69, 9.17) is 4.74 Å². The topological polar surface area (TPSA) is 55.4 Å². The van der Waals surface area contributed by atoms with Crippen molar-refractivity contribution in [3.05, 3.63) is 24.3 Å². The van der Waals surface area contributed by atoms with Gasteiger partial charge >= 0.3 is 0 Å². The zero-order valence-electron chi connectivity index (χ0n) is 13.4. The lowest BCUT2D eigenvalue weighted by Crippen LogP contribution is -2.44. The number of Topliss-reactive ketones (excluding diaryl/α,β-unsaturated/α-hetero) is 1. The van der Waals surface area contributed by atoms with E-state index < -0.39 is 5.41 Å². The molecule has 0 saturated heterocycles. The predicted molar refractivity (Wildman–Crippen MR) is 84.8 cm³/mol. The van der Waals surface area contributed by atoms with Crippen LogP contribution in [0.2, 0.25) is 0 Å². The first-order valence-electron chi connectivity index (χ1n) is 7.99. The van der Waals surface area contributed by atoms with E-state index in [1.54, 1.807) is 0 Å². The van der Waals surface area contributed by atoms with E-state index in [0.29, 0.717) is 31.1 Å². The maximum atomic E-state index is 12.7. The van der Waals surface area contributed by atoms with Crippen molar-refractivity contribution >= 4 is 17.4 Å². The number of rotatable bonds is 4. The summed E-state index contributed by atoms with van der Waals surface area (Å²) in [5.41, 5.74) is -0.468. The lowest BCUT2D eigenvalue weighted by Gasteiger charge is -2.32. The summed E-state index contributed by atoms with van der Waals surface area (Å²) in [6, 6.07) is 7.29. The number of anilines is 1. The van der Waals surface area contributed by atoms with Gasteiger partial charge in [0.2, 0.25) is 5.91 Å². The van der Waals surface area contributed by atoms with E-state index in [9.17, 15) is 9.59 Å². The third kappa shape index (κ3) is 2.13. The molecule has 1 aromatic rings. The Bertz CT molecular complexity index is 605. The molecule has 1 N–H and O–H groups in total. The van der Waals surface area contributed by atoms with Gasteiger partial charge in [-0.15, -0.1) is 0 Å². The van der Waals surface area contributed by atoms with Crippen LogP contribution >= 0.6 is 0 Å². The van der Waals surface area contributed by atoms with Crippen LogP contribution in [0.4, 0.5) is 5.69 Å². The second kappa shape index (κ2) is 5.11. The van der Waals surface area contributed by atoms with E-state index in [2.05, 4.69) is 5.32 Å². The number of benzene rings is 1. The largest absolute Gasteiger partial charge is 0.494 e. The average Bonchev–Trinajstić information content (AvgIpc) is 3.02. The standard InChI is InChI=1S/C18H23NO3/c1-4-22-14-7-5-13(6-8-14)19-16(21)18-10-9-12(11-18)17(2,3)15(18)20/h5-8,12H,4,9-11H2,1-3H3,(H,19,21)/t12-,18-/m1/s1. The van der Waals surface area contributed by atoms with Crippen LogP contribution in [0.3, 0.4) is 0 Å². The van der Waals surface area contributed by atoms with Gasteiger partial charge in [-0.2, -0.15) is 0 Å². The molecule has 2 saturated carbocycles. The first-order chi connectivity index (χ1) is 10.4. The highest BCUT2D eigenvalue weighted by atomic mass is 16.5. The second-order valence-corrected chi connectivity index (χ2v) is 6.98. The van der Waals surface area contributed by atoms with Gasteiger partial charge in [-0.3, -0.25) is 9.59 Å². The zero-order valence-corrected chi connectivity index (χ0v) is 13.4. The molecule has 1 amide bonds. The molecule has 2 aliphatic rings. The van der Waals surface area contributed by atoms with Crippen LogP contribution in [-0.2, 0) is 9.59 Å². The molecular weight excluding hydrogens is 278 g/mol. The van der Waals surface area contributed by atoms with Crippen molar-refractivity contribution in [2.45, 2.75) is 40.0 Å². The monoisotopic (exact) mass is 301 g/mol. The van der Waals surface area contributed by atoms with Crippen LogP contribution in [0.1, 0.15) is 40.0 Å². The second-order valence-electron chi connectivity index (χ2n) is 6.98. The van der Waals surface area contributed by atoms with Crippen LogP contribution in [0.5, 0.6) is 5.75 Å². The van der Waals surface area contributed by atoms with Crippen LogP contribution in [0.15, 0.2) is 24.3 Å². The first kappa shape index (κ1) is 15.1. The van der Waals surface area contributed by atoms with E-state index in [1.165, 1.54) is 0 Å². The van der Waals surface area contributed by atoms with Gasteiger partial charge in [0, 0.05) is 11.1 Å². The van der Waals surface area contributed by atoms with Gasteiger partial charge in [0.15, 0.2) is 5.78 Å². The van der Waals surface area contributed by atoms with Gasteiger partial charge in [0.05, 0.1) is 6.61 Å². The number of ether oxygens (including phenoxy) is 1. The minimum Gasteiger partial charge on any atom is -0.494 e. The number of nitrogens with one attached hydrogen (secondary N) is 1. The maximum absolute atomic E-state index is 12.7.